The minimum Gasteiger partial charge on any atom is -0.348 e. The maximum absolute atomic E-state index is 14.0. The maximum atomic E-state index is 14.0. The fraction of sp³-hybridized carbons (Fsp3) is 0.0526. The average molecular weight is 371 g/mol. The molecule has 1 aliphatic heterocycles. The number of halogens is 2. The normalized spacial score (nSPS) is 15.2. The van der Waals surface area contributed by atoms with E-state index in [1.54, 1.807) is 0 Å². The Balaban J connectivity index is 1.96. The molecule has 0 spiro atoms. The summed E-state index contributed by atoms with van der Waals surface area (Å²) in [6.07, 6.45) is 0. The number of hydrogen-bond donors (Lipinski definition) is 1. The minimum absolute atomic E-state index is 0.0200. The summed E-state index contributed by atoms with van der Waals surface area (Å²) in [5.41, 5.74) is 2.36. The number of nitriles is 1. The van der Waals surface area contributed by atoms with Crippen LogP contribution in [0.5, 0.6) is 0 Å². The summed E-state index contributed by atoms with van der Waals surface area (Å²) in [5, 5.41) is 14.7. The molecule has 0 amide bonds. The minimum atomic E-state index is -0.749. The van der Waals surface area contributed by atoms with Crippen molar-refractivity contribution in [3.8, 4) is 6.07 Å². The standard InChI is InChI=1S/C19H12ClFN2OS/c1-11-5-2-3-6-12(11)16-10-25-19(23-16)13(9-22)18(24)17-14(20)7-4-8-15(17)21/h2-8,10,23H,1H3. The molecule has 0 bridgehead atoms. The Morgan fingerprint density at radius 2 is 2.00 bits per heavy atom. The van der Waals surface area contributed by atoms with Crippen molar-refractivity contribution < 1.29 is 9.18 Å². The van der Waals surface area contributed by atoms with Gasteiger partial charge in [-0.05, 0) is 24.6 Å². The van der Waals surface area contributed by atoms with Crippen molar-refractivity contribution in [1.29, 1.82) is 5.26 Å². The second-order valence-corrected chi connectivity index (χ2v) is 6.62. The van der Waals surface area contributed by atoms with Crippen LogP contribution in [0, 0.1) is 24.1 Å². The van der Waals surface area contributed by atoms with Gasteiger partial charge in [0.1, 0.15) is 17.5 Å². The van der Waals surface area contributed by atoms with Crippen LogP contribution in [0.2, 0.25) is 5.02 Å². The molecule has 124 valence electrons. The van der Waals surface area contributed by atoms with Crippen LogP contribution in [-0.2, 0) is 0 Å². The molecule has 0 radical (unpaired) electrons. The van der Waals surface area contributed by atoms with Crippen LogP contribution in [0.3, 0.4) is 0 Å². The first-order valence-corrected chi connectivity index (χ1v) is 8.61. The van der Waals surface area contributed by atoms with Crippen LogP contribution in [0.4, 0.5) is 4.39 Å². The summed E-state index contributed by atoms with van der Waals surface area (Å²) in [6, 6.07) is 13.6. The predicted octanol–water partition coefficient (Wildman–Crippen LogP) is 5.04. The lowest BCUT2D eigenvalue weighted by atomic mass is 10.0. The third-order valence-corrected chi connectivity index (χ3v) is 4.94. The quantitative estimate of drug-likeness (QED) is 0.467. The van der Waals surface area contributed by atoms with E-state index in [9.17, 15) is 14.4 Å². The van der Waals surface area contributed by atoms with Crippen molar-refractivity contribution in [3.05, 3.63) is 86.0 Å². The fourth-order valence-electron chi connectivity index (χ4n) is 2.47. The first-order valence-electron chi connectivity index (χ1n) is 7.36. The second-order valence-electron chi connectivity index (χ2n) is 5.33. The number of carbonyl (C=O) groups excluding carboxylic acids is 1. The van der Waals surface area contributed by atoms with Gasteiger partial charge in [0.25, 0.3) is 0 Å². The molecule has 1 heterocycles. The molecule has 25 heavy (non-hydrogen) atoms. The van der Waals surface area contributed by atoms with E-state index in [0.717, 1.165) is 22.9 Å². The Bertz CT molecular complexity index is 955. The van der Waals surface area contributed by atoms with Gasteiger partial charge in [-0.3, -0.25) is 4.79 Å². The Morgan fingerprint density at radius 3 is 2.68 bits per heavy atom. The lowest BCUT2D eigenvalue weighted by Gasteiger charge is -2.10. The Hall–Kier alpha value is -2.55. The van der Waals surface area contributed by atoms with Crippen LogP contribution in [0.1, 0.15) is 21.5 Å². The number of nitrogens with one attached hydrogen (secondary N) is 1. The maximum Gasteiger partial charge on any atom is 0.210 e. The zero-order valence-electron chi connectivity index (χ0n) is 13.1. The number of allylic oxidation sites excluding steroid dienone is 1. The van der Waals surface area contributed by atoms with Gasteiger partial charge in [-0.2, -0.15) is 5.26 Å². The largest absolute Gasteiger partial charge is 0.348 e. The third kappa shape index (κ3) is 3.32. The van der Waals surface area contributed by atoms with Gasteiger partial charge in [0.05, 0.1) is 21.3 Å². The second kappa shape index (κ2) is 7.14. The molecule has 6 heteroatoms. The van der Waals surface area contributed by atoms with E-state index in [0.29, 0.717) is 5.03 Å². The molecule has 2 aromatic carbocycles. The number of hydrogen-bond acceptors (Lipinski definition) is 4. The van der Waals surface area contributed by atoms with Crippen molar-refractivity contribution in [2.75, 3.05) is 0 Å². The van der Waals surface area contributed by atoms with Crippen molar-refractivity contribution in [2.45, 2.75) is 6.92 Å². The Morgan fingerprint density at radius 1 is 1.24 bits per heavy atom. The number of carbonyl (C=O) groups is 1. The number of aryl methyl sites for hydroxylation is 1. The fourth-order valence-corrected chi connectivity index (χ4v) is 3.57. The summed E-state index contributed by atoms with van der Waals surface area (Å²) in [6.45, 7) is 1.97. The van der Waals surface area contributed by atoms with Crippen molar-refractivity contribution in [3.63, 3.8) is 0 Å². The van der Waals surface area contributed by atoms with Gasteiger partial charge in [0.2, 0.25) is 5.78 Å². The highest BCUT2D eigenvalue weighted by Gasteiger charge is 2.26. The molecule has 1 aliphatic rings. The number of benzene rings is 2. The molecule has 0 fully saturated rings. The zero-order chi connectivity index (χ0) is 18.0. The van der Waals surface area contributed by atoms with Gasteiger partial charge in [-0.15, -0.1) is 0 Å². The lowest BCUT2D eigenvalue weighted by Crippen LogP contribution is -2.13. The first-order chi connectivity index (χ1) is 12.0. The van der Waals surface area contributed by atoms with Crippen LogP contribution in [0.15, 0.2) is 58.5 Å². The molecule has 2 aromatic rings. The van der Waals surface area contributed by atoms with Gasteiger partial charge in [-0.25, -0.2) is 4.39 Å². The van der Waals surface area contributed by atoms with Crippen LogP contribution >= 0.6 is 23.4 Å². The molecular formula is C19H12ClFN2OS. The Labute approximate surface area is 153 Å². The number of rotatable bonds is 3. The summed E-state index contributed by atoms with van der Waals surface area (Å²) in [7, 11) is 0. The van der Waals surface area contributed by atoms with Crippen LogP contribution < -0.4 is 5.32 Å². The number of thioether (sulfide) groups is 1. The van der Waals surface area contributed by atoms with E-state index in [-0.39, 0.29) is 16.2 Å². The van der Waals surface area contributed by atoms with E-state index in [1.165, 1.54) is 23.9 Å². The molecule has 0 unspecified atom stereocenters. The summed E-state index contributed by atoms with van der Waals surface area (Å²) in [4.78, 5) is 12.6. The molecule has 0 aromatic heterocycles. The molecule has 0 saturated heterocycles. The Kier molecular flexibility index (Phi) is 4.93. The van der Waals surface area contributed by atoms with Crippen LogP contribution in [0.25, 0.3) is 5.70 Å². The average Bonchev–Trinajstić information content (AvgIpc) is 3.05. The molecule has 0 saturated carbocycles. The van der Waals surface area contributed by atoms with Gasteiger partial charge in [0.15, 0.2) is 0 Å². The van der Waals surface area contributed by atoms with E-state index >= 15 is 0 Å². The molecule has 1 N–H and O–H groups in total. The number of nitrogens with zero attached hydrogens (tertiary/aromatic N) is 1. The molecule has 3 rings (SSSR count). The number of Topliss-reactive ketones (excluding diaryl/α,β-unsaturated/α-hetero) is 1. The topological polar surface area (TPSA) is 52.9 Å². The van der Waals surface area contributed by atoms with Gasteiger partial charge in [0, 0.05) is 11.0 Å². The highest BCUT2D eigenvalue weighted by atomic mass is 35.5. The SMILES string of the molecule is Cc1ccccc1C1=CSC(=C(C#N)C(=O)c2c(F)cccc2Cl)N1. The van der Waals surface area contributed by atoms with E-state index < -0.39 is 11.6 Å². The van der Waals surface area contributed by atoms with Crippen molar-refractivity contribution >= 4 is 34.8 Å². The van der Waals surface area contributed by atoms with E-state index in [1.807, 2.05) is 42.7 Å². The van der Waals surface area contributed by atoms with E-state index in [4.69, 9.17) is 11.6 Å². The van der Waals surface area contributed by atoms with Crippen molar-refractivity contribution in [1.82, 2.24) is 5.32 Å². The number of ketones is 1. The van der Waals surface area contributed by atoms with E-state index in [2.05, 4.69) is 5.32 Å². The van der Waals surface area contributed by atoms with Crippen molar-refractivity contribution in [2.24, 2.45) is 0 Å². The molecule has 3 nitrogen and oxygen atoms in total. The zero-order valence-corrected chi connectivity index (χ0v) is 14.7. The highest BCUT2D eigenvalue weighted by Crippen LogP contribution is 2.34. The van der Waals surface area contributed by atoms with Gasteiger partial charge < -0.3 is 5.32 Å². The molecule has 0 aliphatic carbocycles. The summed E-state index contributed by atoms with van der Waals surface area (Å²) >= 11 is 7.16. The summed E-state index contributed by atoms with van der Waals surface area (Å²) < 4.78 is 14.0. The monoisotopic (exact) mass is 370 g/mol. The predicted molar refractivity (Wildman–Crippen MR) is 98.3 cm³/mol. The van der Waals surface area contributed by atoms with Crippen LogP contribution in [-0.4, -0.2) is 5.78 Å². The summed E-state index contributed by atoms with van der Waals surface area (Å²) in [5.74, 6) is -1.49. The highest BCUT2D eigenvalue weighted by molar-refractivity contribution is 8.06. The third-order valence-electron chi connectivity index (χ3n) is 3.73. The molecular weight excluding hydrogens is 359 g/mol. The lowest BCUT2D eigenvalue weighted by molar-refractivity contribution is 0.103. The van der Waals surface area contributed by atoms with Gasteiger partial charge in [-0.1, -0.05) is 53.7 Å². The molecule has 0 atom stereocenters. The first kappa shape index (κ1) is 17.3. The van der Waals surface area contributed by atoms with Gasteiger partial charge >= 0.3 is 0 Å². The smallest absolute Gasteiger partial charge is 0.210 e.